The normalized spacial score (nSPS) is 17.1. The number of ether oxygens (including phenoxy) is 2. The zero-order chi connectivity index (χ0) is 14.2. The zero-order valence-corrected chi connectivity index (χ0v) is 13.1. The van der Waals surface area contributed by atoms with Gasteiger partial charge in [0, 0.05) is 13.2 Å². The fourth-order valence-corrected chi connectivity index (χ4v) is 4.14. The third-order valence-corrected chi connectivity index (χ3v) is 5.10. The lowest BCUT2D eigenvalue weighted by Crippen LogP contribution is -2.32. The van der Waals surface area contributed by atoms with E-state index in [0.717, 1.165) is 0 Å². The molecule has 0 fully saturated rings. The highest BCUT2D eigenvalue weighted by Gasteiger charge is 2.41. The van der Waals surface area contributed by atoms with E-state index >= 15 is 0 Å². The van der Waals surface area contributed by atoms with Crippen molar-refractivity contribution in [3.63, 3.8) is 0 Å². The molecule has 0 saturated carbocycles. The van der Waals surface area contributed by atoms with Gasteiger partial charge < -0.3 is 19.7 Å². The second-order valence-corrected chi connectivity index (χ2v) is 7.11. The molecule has 0 aliphatic rings. The van der Waals surface area contributed by atoms with Gasteiger partial charge in [-0.15, -0.1) is 0 Å². The topological polar surface area (TPSA) is 70.8 Å². The second kappa shape index (κ2) is 9.05. The molecule has 2 N–H and O–H groups in total. The molecule has 0 aromatic carbocycles. The van der Waals surface area contributed by atoms with Crippen molar-refractivity contribution in [3.05, 3.63) is 0 Å². The average Bonchev–Trinajstić information content (AvgIpc) is 2.28. The summed E-state index contributed by atoms with van der Waals surface area (Å²) in [4.78, 5) is 0. The van der Waals surface area contributed by atoms with E-state index in [0.29, 0.717) is 32.2 Å². The van der Waals surface area contributed by atoms with Crippen LogP contribution in [0.2, 0.25) is 0 Å². The molecule has 110 valence electrons. The molecule has 2 atom stereocenters. The van der Waals surface area contributed by atoms with Crippen molar-refractivity contribution in [1.29, 1.82) is 0 Å². The van der Waals surface area contributed by atoms with Gasteiger partial charge in [0.25, 0.3) is 7.37 Å². The van der Waals surface area contributed by atoms with Gasteiger partial charge in [0.05, 0.1) is 12.4 Å². The summed E-state index contributed by atoms with van der Waals surface area (Å²) in [5.74, 6) is -0.210. The van der Waals surface area contributed by atoms with Crippen LogP contribution in [0.5, 0.6) is 0 Å². The maximum absolute atomic E-state index is 12.9. The molecular formula is C12H28NO4P. The van der Waals surface area contributed by atoms with Gasteiger partial charge in [-0.25, -0.2) is 0 Å². The molecule has 0 spiro atoms. The summed E-state index contributed by atoms with van der Waals surface area (Å²) < 4.78 is 29.2. The van der Waals surface area contributed by atoms with Crippen molar-refractivity contribution in [1.82, 2.24) is 0 Å². The monoisotopic (exact) mass is 281 g/mol. The quantitative estimate of drug-likeness (QED) is 0.492. The number of nitrogens with two attached hydrogens (primary N) is 1. The summed E-state index contributed by atoms with van der Waals surface area (Å²) in [7, 11) is -3.17. The first-order valence-corrected chi connectivity index (χ1v) is 8.41. The lowest BCUT2D eigenvalue weighted by atomic mass is 10.1. The van der Waals surface area contributed by atoms with Crippen molar-refractivity contribution in [2.45, 2.75) is 52.9 Å². The average molecular weight is 281 g/mol. The van der Waals surface area contributed by atoms with Crippen molar-refractivity contribution in [2.75, 3.05) is 19.8 Å². The van der Waals surface area contributed by atoms with Crippen molar-refractivity contribution >= 4 is 7.37 Å². The van der Waals surface area contributed by atoms with Crippen LogP contribution in [0.15, 0.2) is 0 Å². The standard InChI is InChI=1S/C12H28NO4P/c1-6-15-12(16-7-2)18(14,17-8-3)11(13)9-10(4)5/h10-12H,6-9,13H2,1-5H3. The highest BCUT2D eigenvalue weighted by atomic mass is 31.2. The van der Waals surface area contributed by atoms with E-state index in [2.05, 4.69) is 0 Å². The van der Waals surface area contributed by atoms with E-state index in [4.69, 9.17) is 19.7 Å². The Kier molecular flexibility index (Phi) is 9.09. The van der Waals surface area contributed by atoms with E-state index in [1.54, 1.807) is 6.92 Å². The summed E-state index contributed by atoms with van der Waals surface area (Å²) in [6, 6.07) is -0.860. The minimum atomic E-state index is -3.17. The fourth-order valence-electron chi connectivity index (χ4n) is 1.69. The van der Waals surface area contributed by atoms with E-state index in [9.17, 15) is 4.57 Å². The molecule has 2 unspecified atom stereocenters. The van der Waals surface area contributed by atoms with Gasteiger partial charge in [-0.3, -0.25) is 4.57 Å². The molecule has 18 heavy (non-hydrogen) atoms. The molecule has 0 aromatic heterocycles. The van der Waals surface area contributed by atoms with Crippen molar-refractivity contribution < 1.29 is 18.6 Å². The van der Waals surface area contributed by atoms with E-state index < -0.39 is 19.2 Å². The lowest BCUT2D eigenvalue weighted by molar-refractivity contribution is -0.0898. The molecule has 0 rings (SSSR count). The fraction of sp³-hybridized carbons (Fsp3) is 1.00. The van der Waals surface area contributed by atoms with Crippen LogP contribution in [-0.4, -0.2) is 31.6 Å². The van der Waals surface area contributed by atoms with Crippen LogP contribution < -0.4 is 5.73 Å². The Balaban J connectivity index is 4.99. The molecule has 0 saturated heterocycles. The van der Waals surface area contributed by atoms with Crippen LogP contribution in [0.1, 0.15) is 41.0 Å². The van der Waals surface area contributed by atoms with Gasteiger partial charge in [-0.1, -0.05) is 13.8 Å². The SMILES string of the molecule is CCOC(OCC)P(=O)(OCC)C(N)CC(C)C. The molecule has 0 aromatic rings. The molecule has 0 aliphatic carbocycles. The van der Waals surface area contributed by atoms with Crippen LogP contribution in [0.3, 0.4) is 0 Å². The van der Waals surface area contributed by atoms with E-state index in [-0.39, 0.29) is 0 Å². The van der Waals surface area contributed by atoms with Gasteiger partial charge in [0.2, 0.25) is 6.03 Å². The Morgan fingerprint density at radius 2 is 1.56 bits per heavy atom. The Hall–Kier alpha value is 0.0700. The van der Waals surface area contributed by atoms with Gasteiger partial charge in [0.1, 0.15) is 0 Å². The molecule has 0 radical (unpaired) electrons. The van der Waals surface area contributed by atoms with Gasteiger partial charge >= 0.3 is 0 Å². The van der Waals surface area contributed by atoms with Gasteiger partial charge in [0.15, 0.2) is 0 Å². The smallest absolute Gasteiger partial charge is 0.273 e. The second-order valence-electron chi connectivity index (χ2n) is 4.48. The van der Waals surface area contributed by atoms with Crippen LogP contribution in [0, 0.1) is 5.92 Å². The van der Waals surface area contributed by atoms with Crippen LogP contribution in [0.4, 0.5) is 0 Å². The first-order chi connectivity index (χ1) is 8.42. The Morgan fingerprint density at radius 3 is 1.89 bits per heavy atom. The maximum Gasteiger partial charge on any atom is 0.273 e. The highest BCUT2D eigenvalue weighted by Crippen LogP contribution is 2.56. The summed E-state index contributed by atoms with van der Waals surface area (Å²) >= 11 is 0. The molecule has 0 amide bonds. The van der Waals surface area contributed by atoms with E-state index in [1.165, 1.54) is 0 Å². The number of hydrogen-bond acceptors (Lipinski definition) is 5. The lowest BCUT2D eigenvalue weighted by Gasteiger charge is -2.31. The van der Waals surface area contributed by atoms with Crippen molar-refractivity contribution in [3.8, 4) is 0 Å². The summed E-state index contributed by atoms with van der Waals surface area (Å²) in [5, 5.41) is 0. The molecular weight excluding hydrogens is 253 g/mol. The molecule has 5 nitrogen and oxygen atoms in total. The summed E-state index contributed by atoms with van der Waals surface area (Å²) in [6.07, 6.45) is 0.619. The van der Waals surface area contributed by atoms with E-state index in [1.807, 2.05) is 27.7 Å². The van der Waals surface area contributed by atoms with Crippen molar-refractivity contribution in [2.24, 2.45) is 11.7 Å². The van der Waals surface area contributed by atoms with Gasteiger partial charge in [-0.2, -0.15) is 0 Å². The predicted octanol–water partition coefficient (Wildman–Crippen LogP) is 2.99. The minimum absolute atomic E-state index is 0.333. The first kappa shape index (κ1) is 18.1. The molecule has 0 bridgehead atoms. The summed E-state index contributed by atoms with van der Waals surface area (Å²) in [5.41, 5.74) is 6.05. The molecule has 6 heteroatoms. The van der Waals surface area contributed by atoms with Gasteiger partial charge in [-0.05, 0) is 33.1 Å². The highest BCUT2D eigenvalue weighted by molar-refractivity contribution is 7.60. The summed E-state index contributed by atoms with van der Waals surface area (Å²) in [6.45, 7) is 10.7. The Labute approximate surface area is 111 Å². The third kappa shape index (κ3) is 5.37. The van der Waals surface area contributed by atoms with Crippen LogP contribution in [0.25, 0.3) is 0 Å². The third-order valence-electron chi connectivity index (χ3n) is 2.42. The molecule has 0 heterocycles. The maximum atomic E-state index is 12.9. The predicted molar refractivity (Wildman–Crippen MR) is 73.7 cm³/mol. The molecule has 0 aliphatic heterocycles. The Morgan fingerprint density at radius 1 is 1.06 bits per heavy atom. The zero-order valence-electron chi connectivity index (χ0n) is 12.2. The van der Waals surface area contributed by atoms with Crippen LogP contribution >= 0.6 is 7.37 Å². The number of hydrogen-bond donors (Lipinski definition) is 1. The first-order valence-electron chi connectivity index (χ1n) is 6.64. The van der Waals surface area contributed by atoms with Crippen LogP contribution in [-0.2, 0) is 18.6 Å². The Bertz CT molecular complexity index is 254. The largest absolute Gasteiger partial charge is 0.345 e. The number of rotatable bonds is 10. The minimum Gasteiger partial charge on any atom is -0.345 e.